The Morgan fingerprint density at radius 2 is 1.64 bits per heavy atom. The molecule has 2 rings (SSSR count). The molecule has 0 saturated carbocycles. The van der Waals surface area contributed by atoms with Crippen molar-refractivity contribution in [3.63, 3.8) is 0 Å². The third-order valence-corrected chi connectivity index (χ3v) is 3.06. The van der Waals surface area contributed by atoms with Crippen LogP contribution in [0.15, 0.2) is 0 Å². The predicted octanol–water partition coefficient (Wildman–Crippen LogP) is 0.596. The number of nitrogens with one attached hydrogen (secondary N) is 2. The van der Waals surface area contributed by atoms with Crippen molar-refractivity contribution in [3.05, 3.63) is 0 Å². The molecule has 2 heteroatoms. The van der Waals surface area contributed by atoms with Gasteiger partial charge in [-0.05, 0) is 50.9 Å². The summed E-state index contributed by atoms with van der Waals surface area (Å²) >= 11 is 0. The highest BCUT2D eigenvalue weighted by atomic mass is 15.0. The largest absolute Gasteiger partial charge is 0.316 e. The smallest absolute Gasteiger partial charge is 0.000511 e. The van der Waals surface area contributed by atoms with E-state index in [0.29, 0.717) is 0 Å². The lowest BCUT2D eigenvalue weighted by molar-refractivity contribution is 0.223. The first-order chi connectivity index (χ1) is 5.47. The van der Waals surface area contributed by atoms with Crippen LogP contribution in [0.3, 0.4) is 0 Å². The zero-order valence-corrected chi connectivity index (χ0v) is 7.10. The molecule has 0 aromatic heterocycles. The van der Waals surface area contributed by atoms with Crippen LogP contribution in [0.4, 0.5) is 0 Å². The molecule has 2 aliphatic rings. The van der Waals surface area contributed by atoms with Gasteiger partial charge in [0.2, 0.25) is 0 Å². The highest BCUT2D eigenvalue weighted by molar-refractivity contribution is 4.83. The van der Waals surface area contributed by atoms with Gasteiger partial charge in [0.25, 0.3) is 0 Å². The van der Waals surface area contributed by atoms with E-state index >= 15 is 0 Å². The quantitative estimate of drug-likeness (QED) is 0.578. The van der Waals surface area contributed by atoms with Crippen molar-refractivity contribution in [1.29, 1.82) is 0 Å². The molecule has 2 fully saturated rings. The Hall–Kier alpha value is -0.0800. The number of hydrogen-bond acceptors (Lipinski definition) is 2. The van der Waals surface area contributed by atoms with Crippen LogP contribution >= 0.6 is 0 Å². The Morgan fingerprint density at radius 3 is 2.36 bits per heavy atom. The van der Waals surface area contributed by atoms with E-state index < -0.39 is 0 Å². The summed E-state index contributed by atoms with van der Waals surface area (Å²) in [5, 5.41) is 6.87. The van der Waals surface area contributed by atoms with E-state index in [9.17, 15) is 0 Å². The first-order valence-electron chi connectivity index (χ1n) is 4.88. The lowest BCUT2D eigenvalue weighted by Crippen LogP contribution is -2.48. The number of hydrogen-bond donors (Lipinski definition) is 2. The van der Waals surface area contributed by atoms with Gasteiger partial charge in [0.05, 0.1) is 0 Å². The standard InChI is InChI=1S/C9H18N2/c1-2-4-10-5-8(3-1)9-6-11-7-9/h8-11H,1-7H2. The van der Waals surface area contributed by atoms with Crippen LogP contribution in [0.25, 0.3) is 0 Å². The average Bonchev–Trinajstić information content (AvgIpc) is 2.12. The number of rotatable bonds is 1. The molecule has 0 bridgehead atoms. The molecular formula is C9H18N2. The van der Waals surface area contributed by atoms with Gasteiger partial charge in [0.1, 0.15) is 0 Å². The van der Waals surface area contributed by atoms with Crippen molar-refractivity contribution in [3.8, 4) is 0 Å². The zero-order valence-electron chi connectivity index (χ0n) is 7.10. The fourth-order valence-corrected chi connectivity index (χ4v) is 2.09. The van der Waals surface area contributed by atoms with Gasteiger partial charge in [-0.2, -0.15) is 0 Å². The van der Waals surface area contributed by atoms with Crippen LogP contribution in [-0.2, 0) is 0 Å². The molecule has 0 aromatic rings. The van der Waals surface area contributed by atoms with Crippen molar-refractivity contribution in [2.75, 3.05) is 26.2 Å². The van der Waals surface area contributed by atoms with E-state index in [1.165, 1.54) is 45.4 Å². The van der Waals surface area contributed by atoms with Crippen LogP contribution in [0, 0.1) is 11.8 Å². The van der Waals surface area contributed by atoms with Crippen LogP contribution < -0.4 is 10.6 Å². The fourth-order valence-electron chi connectivity index (χ4n) is 2.09. The van der Waals surface area contributed by atoms with Gasteiger partial charge in [0.15, 0.2) is 0 Å². The van der Waals surface area contributed by atoms with Gasteiger partial charge in [-0.3, -0.25) is 0 Å². The van der Waals surface area contributed by atoms with Gasteiger partial charge >= 0.3 is 0 Å². The first-order valence-corrected chi connectivity index (χ1v) is 4.88. The topological polar surface area (TPSA) is 24.1 Å². The SMILES string of the molecule is C1CCC(C2CNC2)CNC1. The highest BCUT2D eigenvalue weighted by Crippen LogP contribution is 2.22. The van der Waals surface area contributed by atoms with Crippen molar-refractivity contribution in [1.82, 2.24) is 10.6 Å². The van der Waals surface area contributed by atoms with Crippen LogP contribution in [0.1, 0.15) is 19.3 Å². The molecule has 0 spiro atoms. The maximum absolute atomic E-state index is 3.52. The zero-order chi connectivity index (χ0) is 7.52. The van der Waals surface area contributed by atoms with E-state index in [1.807, 2.05) is 0 Å². The van der Waals surface area contributed by atoms with Gasteiger partial charge in [-0.25, -0.2) is 0 Å². The molecule has 11 heavy (non-hydrogen) atoms. The average molecular weight is 154 g/mol. The molecule has 0 amide bonds. The minimum atomic E-state index is 0.971. The molecule has 2 heterocycles. The molecule has 0 aromatic carbocycles. The summed E-state index contributed by atoms with van der Waals surface area (Å²) in [5.41, 5.74) is 0. The second kappa shape index (κ2) is 3.55. The van der Waals surface area contributed by atoms with E-state index in [4.69, 9.17) is 0 Å². The molecule has 2 nitrogen and oxygen atoms in total. The molecule has 1 atom stereocenters. The Labute approximate surface area is 68.7 Å². The summed E-state index contributed by atoms with van der Waals surface area (Å²) in [7, 11) is 0. The van der Waals surface area contributed by atoms with Crippen molar-refractivity contribution >= 4 is 0 Å². The lowest BCUT2D eigenvalue weighted by atomic mass is 9.84. The van der Waals surface area contributed by atoms with Gasteiger partial charge in [-0.15, -0.1) is 0 Å². The van der Waals surface area contributed by atoms with Crippen molar-refractivity contribution in [2.45, 2.75) is 19.3 Å². The van der Waals surface area contributed by atoms with E-state index in [2.05, 4.69) is 10.6 Å². The Bertz CT molecular complexity index is 113. The molecule has 0 aliphatic carbocycles. The minimum Gasteiger partial charge on any atom is -0.316 e. The third-order valence-electron chi connectivity index (χ3n) is 3.06. The molecule has 0 radical (unpaired) electrons. The Kier molecular flexibility index (Phi) is 2.44. The van der Waals surface area contributed by atoms with E-state index in [-0.39, 0.29) is 0 Å². The normalized spacial score (nSPS) is 34.4. The van der Waals surface area contributed by atoms with Gasteiger partial charge in [0, 0.05) is 0 Å². The Balaban J connectivity index is 1.80. The first kappa shape index (κ1) is 7.56. The molecule has 2 saturated heterocycles. The monoisotopic (exact) mass is 154 g/mol. The maximum Gasteiger partial charge on any atom is -0.000511 e. The van der Waals surface area contributed by atoms with Crippen LogP contribution in [0.2, 0.25) is 0 Å². The third kappa shape index (κ3) is 1.74. The summed E-state index contributed by atoms with van der Waals surface area (Å²) in [6.07, 6.45) is 4.28. The van der Waals surface area contributed by atoms with Gasteiger partial charge < -0.3 is 10.6 Å². The second-order valence-electron chi connectivity index (χ2n) is 3.88. The summed E-state index contributed by atoms with van der Waals surface area (Å²) in [6.45, 7) is 5.06. The lowest BCUT2D eigenvalue weighted by Gasteiger charge is -2.34. The molecule has 1 unspecified atom stereocenters. The maximum atomic E-state index is 3.52. The van der Waals surface area contributed by atoms with E-state index in [0.717, 1.165) is 11.8 Å². The summed E-state index contributed by atoms with van der Waals surface area (Å²) < 4.78 is 0. The van der Waals surface area contributed by atoms with Crippen molar-refractivity contribution in [2.24, 2.45) is 11.8 Å². The van der Waals surface area contributed by atoms with E-state index in [1.54, 1.807) is 0 Å². The minimum absolute atomic E-state index is 0.971. The van der Waals surface area contributed by atoms with Crippen molar-refractivity contribution < 1.29 is 0 Å². The molecule has 2 aliphatic heterocycles. The second-order valence-corrected chi connectivity index (χ2v) is 3.88. The molecule has 2 N–H and O–H groups in total. The Morgan fingerprint density at radius 1 is 0.818 bits per heavy atom. The summed E-state index contributed by atoms with van der Waals surface area (Å²) in [5.74, 6) is 1.96. The van der Waals surface area contributed by atoms with Crippen LogP contribution in [0.5, 0.6) is 0 Å². The predicted molar refractivity (Wildman–Crippen MR) is 46.6 cm³/mol. The summed E-state index contributed by atoms with van der Waals surface area (Å²) in [6, 6.07) is 0. The molecular weight excluding hydrogens is 136 g/mol. The van der Waals surface area contributed by atoms with Gasteiger partial charge in [-0.1, -0.05) is 6.42 Å². The summed E-state index contributed by atoms with van der Waals surface area (Å²) in [4.78, 5) is 0. The highest BCUT2D eigenvalue weighted by Gasteiger charge is 2.26. The van der Waals surface area contributed by atoms with Crippen LogP contribution in [-0.4, -0.2) is 26.2 Å². The fraction of sp³-hybridized carbons (Fsp3) is 1.00. The molecule has 64 valence electrons.